The molecule has 0 bridgehead atoms. The average Bonchev–Trinajstić information content (AvgIpc) is 3.36. The number of rotatable bonds is 8. The molecule has 3 N–H and O–H groups in total. The van der Waals surface area contributed by atoms with Gasteiger partial charge < -0.3 is 11.1 Å². The predicted octanol–water partition coefficient (Wildman–Crippen LogP) is 3.62. The number of carbonyl (C=O) groups excluding carboxylic acids is 1. The maximum Gasteiger partial charge on any atom is 0.249 e. The second-order valence-corrected chi connectivity index (χ2v) is 10.9. The highest BCUT2D eigenvalue weighted by Gasteiger charge is 2.40. The van der Waals surface area contributed by atoms with Crippen LogP contribution in [0.15, 0.2) is 89.8 Å². The van der Waals surface area contributed by atoms with Gasteiger partial charge in [-0.3, -0.25) is 4.79 Å². The van der Waals surface area contributed by atoms with Crippen LogP contribution in [0.5, 0.6) is 0 Å². The van der Waals surface area contributed by atoms with Crippen molar-refractivity contribution in [3.8, 4) is 11.1 Å². The molecule has 1 amide bonds. The second kappa shape index (κ2) is 10.5. The summed E-state index contributed by atoms with van der Waals surface area (Å²) in [5.74, 6) is 0.246. The summed E-state index contributed by atoms with van der Waals surface area (Å²) >= 11 is 1.34. The number of hydrogen-bond acceptors (Lipinski definition) is 5. The summed E-state index contributed by atoms with van der Waals surface area (Å²) in [6.07, 6.45) is 0.570. The van der Waals surface area contributed by atoms with Crippen molar-refractivity contribution in [1.29, 1.82) is 0 Å². The summed E-state index contributed by atoms with van der Waals surface area (Å²) in [5, 5.41) is 2.20. The SMILES string of the molecule is NCC[C@@H](NC(=O)C1SCCN1S(=O)(=O)c1ccc(-c2ccccc2)cc1)c1ccccc1. The Labute approximate surface area is 199 Å². The highest BCUT2D eigenvalue weighted by Crippen LogP contribution is 2.32. The van der Waals surface area contributed by atoms with Crippen molar-refractivity contribution >= 4 is 27.7 Å². The van der Waals surface area contributed by atoms with E-state index in [0.29, 0.717) is 25.3 Å². The molecular formula is C25H27N3O3S2. The fourth-order valence-corrected chi connectivity index (χ4v) is 6.99. The Morgan fingerprint density at radius 1 is 0.970 bits per heavy atom. The lowest BCUT2D eigenvalue weighted by Crippen LogP contribution is -2.45. The molecule has 172 valence electrons. The van der Waals surface area contributed by atoms with Crippen LogP contribution in [0.1, 0.15) is 18.0 Å². The molecule has 0 aromatic heterocycles. The molecule has 33 heavy (non-hydrogen) atoms. The minimum Gasteiger partial charge on any atom is -0.347 e. The quantitative estimate of drug-likeness (QED) is 0.513. The van der Waals surface area contributed by atoms with Crippen molar-refractivity contribution in [2.24, 2.45) is 5.73 Å². The number of nitrogens with two attached hydrogens (primary N) is 1. The van der Waals surface area contributed by atoms with Gasteiger partial charge in [0, 0.05) is 12.3 Å². The monoisotopic (exact) mass is 481 g/mol. The van der Waals surface area contributed by atoms with E-state index in [1.807, 2.05) is 60.7 Å². The lowest BCUT2D eigenvalue weighted by molar-refractivity contribution is -0.122. The minimum absolute atomic E-state index is 0.184. The number of nitrogens with one attached hydrogen (secondary N) is 1. The van der Waals surface area contributed by atoms with Crippen LogP contribution in [0, 0.1) is 0 Å². The summed E-state index contributed by atoms with van der Waals surface area (Å²) in [4.78, 5) is 13.3. The zero-order valence-electron chi connectivity index (χ0n) is 18.1. The number of sulfonamides is 1. The molecule has 1 aliphatic heterocycles. The lowest BCUT2D eigenvalue weighted by Gasteiger charge is -2.25. The zero-order chi connectivity index (χ0) is 23.3. The molecule has 6 nitrogen and oxygen atoms in total. The van der Waals surface area contributed by atoms with E-state index in [9.17, 15) is 13.2 Å². The third-order valence-electron chi connectivity index (χ3n) is 5.62. The van der Waals surface area contributed by atoms with Crippen molar-refractivity contribution in [3.05, 3.63) is 90.5 Å². The Balaban J connectivity index is 1.52. The molecule has 1 saturated heterocycles. The number of thioether (sulfide) groups is 1. The van der Waals surface area contributed by atoms with Crippen LogP contribution >= 0.6 is 11.8 Å². The van der Waals surface area contributed by atoms with E-state index >= 15 is 0 Å². The van der Waals surface area contributed by atoms with E-state index in [1.54, 1.807) is 24.3 Å². The number of nitrogens with zero attached hydrogens (tertiary/aromatic N) is 1. The predicted molar refractivity (Wildman–Crippen MR) is 133 cm³/mol. The van der Waals surface area contributed by atoms with Crippen LogP contribution in [0.25, 0.3) is 11.1 Å². The van der Waals surface area contributed by atoms with E-state index in [-0.39, 0.29) is 16.8 Å². The van der Waals surface area contributed by atoms with Gasteiger partial charge in [-0.15, -0.1) is 11.8 Å². The molecule has 0 aliphatic carbocycles. The maximum atomic E-state index is 13.4. The Bertz CT molecular complexity index is 1170. The first-order valence-electron chi connectivity index (χ1n) is 10.8. The normalized spacial score (nSPS) is 17.5. The molecule has 0 saturated carbocycles. The standard InChI is InChI=1S/C25H27N3O3S2/c26-16-15-23(21-9-5-2-6-10-21)27-24(29)25-28(17-18-32-25)33(30,31)22-13-11-20(12-14-22)19-7-3-1-4-8-19/h1-14,23,25H,15-18,26H2,(H,27,29)/t23-,25?/m1/s1. The molecule has 0 spiro atoms. The van der Waals surface area contributed by atoms with E-state index < -0.39 is 15.4 Å². The first kappa shape index (κ1) is 23.5. The fourth-order valence-electron chi connectivity index (χ4n) is 3.91. The van der Waals surface area contributed by atoms with Gasteiger partial charge in [0.15, 0.2) is 0 Å². The molecule has 8 heteroatoms. The number of carbonyl (C=O) groups is 1. The van der Waals surface area contributed by atoms with Gasteiger partial charge in [-0.25, -0.2) is 8.42 Å². The topological polar surface area (TPSA) is 92.5 Å². The Kier molecular flexibility index (Phi) is 7.49. The first-order valence-corrected chi connectivity index (χ1v) is 13.3. The summed E-state index contributed by atoms with van der Waals surface area (Å²) < 4.78 is 28.1. The number of hydrogen-bond donors (Lipinski definition) is 2. The van der Waals surface area contributed by atoms with Gasteiger partial charge in [0.05, 0.1) is 10.9 Å². The Morgan fingerprint density at radius 2 is 1.58 bits per heavy atom. The zero-order valence-corrected chi connectivity index (χ0v) is 19.8. The molecule has 1 heterocycles. The van der Waals surface area contributed by atoms with Crippen molar-refractivity contribution < 1.29 is 13.2 Å². The lowest BCUT2D eigenvalue weighted by atomic mass is 10.0. The summed E-state index contributed by atoms with van der Waals surface area (Å²) in [6.45, 7) is 0.700. The van der Waals surface area contributed by atoms with Gasteiger partial charge in [-0.2, -0.15) is 4.31 Å². The molecule has 1 fully saturated rings. The summed E-state index contributed by atoms with van der Waals surface area (Å²) in [5.41, 5.74) is 8.66. The van der Waals surface area contributed by atoms with Crippen LogP contribution in [-0.2, 0) is 14.8 Å². The van der Waals surface area contributed by atoms with E-state index in [4.69, 9.17) is 5.73 Å². The van der Waals surface area contributed by atoms with Gasteiger partial charge in [-0.05, 0) is 41.8 Å². The van der Waals surface area contributed by atoms with Gasteiger partial charge in [-0.1, -0.05) is 72.8 Å². The molecular weight excluding hydrogens is 454 g/mol. The van der Waals surface area contributed by atoms with Crippen molar-refractivity contribution in [2.45, 2.75) is 22.7 Å². The molecule has 4 rings (SSSR count). The van der Waals surface area contributed by atoms with Crippen LogP contribution in [0.2, 0.25) is 0 Å². The number of amides is 1. The number of benzene rings is 3. The van der Waals surface area contributed by atoms with Gasteiger partial charge in [0.25, 0.3) is 0 Å². The summed E-state index contributed by atoms with van der Waals surface area (Å²) in [6, 6.07) is 25.9. The third kappa shape index (κ3) is 5.30. The average molecular weight is 482 g/mol. The largest absolute Gasteiger partial charge is 0.347 e. The van der Waals surface area contributed by atoms with E-state index in [2.05, 4.69) is 5.32 Å². The molecule has 3 aromatic carbocycles. The molecule has 1 unspecified atom stereocenters. The van der Waals surface area contributed by atoms with Gasteiger partial charge in [0.1, 0.15) is 5.37 Å². The molecule has 3 aromatic rings. The van der Waals surface area contributed by atoms with Crippen molar-refractivity contribution in [3.63, 3.8) is 0 Å². The summed E-state index contributed by atoms with van der Waals surface area (Å²) in [7, 11) is -3.82. The molecule has 2 atom stereocenters. The van der Waals surface area contributed by atoms with Crippen molar-refractivity contribution in [2.75, 3.05) is 18.8 Å². The second-order valence-electron chi connectivity index (χ2n) is 7.78. The molecule has 0 radical (unpaired) electrons. The van der Waals surface area contributed by atoms with Crippen LogP contribution in [0.3, 0.4) is 0 Å². The van der Waals surface area contributed by atoms with Crippen molar-refractivity contribution in [1.82, 2.24) is 9.62 Å². The first-order chi connectivity index (χ1) is 16.0. The third-order valence-corrected chi connectivity index (χ3v) is 8.83. The van der Waals surface area contributed by atoms with Crippen LogP contribution in [0.4, 0.5) is 0 Å². The van der Waals surface area contributed by atoms with E-state index in [1.165, 1.54) is 16.1 Å². The highest BCUT2D eigenvalue weighted by atomic mass is 32.2. The Morgan fingerprint density at radius 3 is 2.21 bits per heavy atom. The Hall–Kier alpha value is -2.65. The van der Waals surface area contributed by atoms with E-state index in [0.717, 1.165) is 16.7 Å². The van der Waals surface area contributed by atoms with Crippen LogP contribution < -0.4 is 11.1 Å². The maximum absolute atomic E-state index is 13.4. The van der Waals surface area contributed by atoms with Gasteiger partial charge >= 0.3 is 0 Å². The smallest absolute Gasteiger partial charge is 0.249 e. The van der Waals surface area contributed by atoms with Crippen LogP contribution in [-0.4, -0.2) is 42.8 Å². The minimum atomic E-state index is -3.82. The fraction of sp³-hybridized carbons (Fsp3) is 0.240. The highest BCUT2D eigenvalue weighted by molar-refractivity contribution is 8.02. The molecule has 1 aliphatic rings. The van der Waals surface area contributed by atoms with Gasteiger partial charge in [0.2, 0.25) is 15.9 Å².